The summed E-state index contributed by atoms with van der Waals surface area (Å²) in [7, 11) is -1.29. The van der Waals surface area contributed by atoms with Crippen molar-refractivity contribution in [3.8, 4) is 0 Å². The van der Waals surface area contributed by atoms with Gasteiger partial charge in [-0.3, -0.25) is 4.21 Å². The van der Waals surface area contributed by atoms with Gasteiger partial charge < -0.3 is 4.57 Å². The molecule has 0 N–H and O–H groups in total. The van der Waals surface area contributed by atoms with Gasteiger partial charge in [-0.25, -0.2) is 4.39 Å². The average Bonchev–Trinajstić information content (AvgIpc) is 3.38. The zero-order valence-corrected chi connectivity index (χ0v) is 12.4. The van der Waals surface area contributed by atoms with Crippen molar-refractivity contribution in [1.29, 1.82) is 0 Å². The number of hydrogen-bond donors (Lipinski definition) is 0. The van der Waals surface area contributed by atoms with Gasteiger partial charge >= 0.3 is 0 Å². The Bertz CT molecular complexity index is 707. The van der Waals surface area contributed by atoms with E-state index >= 15 is 0 Å². The van der Waals surface area contributed by atoms with Gasteiger partial charge in [0.05, 0.1) is 16.6 Å². The largest absolute Gasteiger partial charge is 0.311 e. The molecule has 1 aromatic heterocycles. The predicted octanol–water partition coefficient (Wildman–Crippen LogP) is 2.94. The van der Waals surface area contributed by atoms with Gasteiger partial charge in [0, 0.05) is 16.9 Å². The standard InChI is InChI=1S/C15H16FN3OS/c16-11-2-1-3-13(8-11)21(20)9-14-17-18-15(10-4-5-10)19(14)12-6-7-12/h1-3,8,10,12H,4-7,9H2/t21-/m1/s1. The van der Waals surface area contributed by atoms with Gasteiger partial charge in [0.2, 0.25) is 0 Å². The van der Waals surface area contributed by atoms with E-state index in [-0.39, 0.29) is 5.82 Å². The van der Waals surface area contributed by atoms with Crippen LogP contribution in [0.4, 0.5) is 4.39 Å². The Morgan fingerprint density at radius 1 is 1.24 bits per heavy atom. The van der Waals surface area contributed by atoms with Crippen LogP contribution < -0.4 is 0 Å². The molecule has 2 saturated carbocycles. The lowest BCUT2D eigenvalue weighted by molar-refractivity contribution is 0.622. The van der Waals surface area contributed by atoms with Crippen LogP contribution in [-0.2, 0) is 16.6 Å². The highest BCUT2D eigenvalue weighted by atomic mass is 32.2. The summed E-state index contributed by atoms with van der Waals surface area (Å²) in [5.74, 6) is 2.32. The van der Waals surface area contributed by atoms with Gasteiger partial charge in [0.1, 0.15) is 17.5 Å². The number of nitrogens with zero attached hydrogens (tertiary/aromatic N) is 3. The average molecular weight is 305 g/mol. The summed E-state index contributed by atoms with van der Waals surface area (Å²) in [5, 5.41) is 8.56. The van der Waals surface area contributed by atoms with E-state index in [1.54, 1.807) is 12.1 Å². The summed E-state index contributed by atoms with van der Waals surface area (Å²) >= 11 is 0. The molecule has 0 aliphatic heterocycles. The lowest BCUT2D eigenvalue weighted by Gasteiger charge is -2.08. The Hall–Kier alpha value is -1.56. The lowest BCUT2D eigenvalue weighted by Crippen LogP contribution is -2.08. The first-order valence-electron chi connectivity index (χ1n) is 7.30. The molecule has 21 heavy (non-hydrogen) atoms. The fourth-order valence-electron chi connectivity index (χ4n) is 2.60. The van der Waals surface area contributed by atoms with E-state index in [0.717, 1.165) is 24.5 Å². The molecule has 0 unspecified atom stereocenters. The SMILES string of the molecule is O=[S@](Cc1nnc(C2CC2)n1C1CC1)c1cccc(F)c1. The monoisotopic (exact) mass is 305 g/mol. The van der Waals surface area contributed by atoms with Crippen LogP contribution in [0, 0.1) is 5.82 Å². The maximum Gasteiger partial charge on any atom is 0.146 e. The van der Waals surface area contributed by atoms with Crippen molar-refractivity contribution in [1.82, 2.24) is 14.8 Å². The Balaban J connectivity index is 1.60. The summed E-state index contributed by atoms with van der Waals surface area (Å²) < 4.78 is 27.8. The number of aromatic nitrogens is 3. The number of hydrogen-bond acceptors (Lipinski definition) is 3. The van der Waals surface area contributed by atoms with Gasteiger partial charge in [0.15, 0.2) is 0 Å². The first kappa shape index (κ1) is 13.1. The van der Waals surface area contributed by atoms with Gasteiger partial charge in [-0.05, 0) is 43.9 Å². The first-order chi connectivity index (χ1) is 10.2. The van der Waals surface area contributed by atoms with Crippen LogP contribution in [0.3, 0.4) is 0 Å². The number of halogens is 1. The van der Waals surface area contributed by atoms with E-state index in [9.17, 15) is 8.60 Å². The molecule has 1 atom stereocenters. The molecule has 6 heteroatoms. The van der Waals surface area contributed by atoms with Crippen molar-refractivity contribution in [2.24, 2.45) is 0 Å². The first-order valence-corrected chi connectivity index (χ1v) is 8.62. The summed E-state index contributed by atoms with van der Waals surface area (Å²) in [6.45, 7) is 0. The van der Waals surface area contributed by atoms with E-state index in [2.05, 4.69) is 14.8 Å². The third-order valence-corrected chi connectivity index (χ3v) is 5.27. The zero-order valence-electron chi connectivity index (χ0n) is 11.5. The molecule has 1 heterocycles. The van der Waals surface area contributed by atoms with Gasteiger partial charge in [-0.1, -0.05) is 6.07 Å². The van der Waals surface area contributed by atoms with Crippen LogP contribution in [0.15, 0.2) is 29.2 Å². The predicted molar refractivity (Wildman–Crippen MR) is 76.8 cm³/mol. The summed E-state index contributed by atoms with van der Waals surface area (Å²) in [6.07, 6.45) is 4.66. The van der Waals surface area contributed by atoms with Gasteiger partial charge in [-0.2, -0.15) is 0 Å². The second-order valence-electron chi connectivity index (χ2n) is 5.80. The Morgan fingerprint density at radius 3 is 2.71 bits per heavy atom. The van der Waals surface area contributed by atoms with Crippen molar-refractivity contribution in [3.05, 3.63) is 41.7 Å². The molecular formula is C15H16FN3OS. The topological polar surface area (TPSA) is 47.8 Å². The van der Waals surface area contributed by atoms with Crippen LogP contribution in [0.5, 0.6) is 0 Å². The van der Waals surface area contributed by atoms with Crippen molar-refractivity contribution in [2.45, 2.75) is 48.3 Å². The Kier molecular flexibility index (Phi) is 3.14. The minimum atomic E-state index is -1.29. The van der Waals surface area contributed by atoms with Gasteiger partial charge in [0.25, 0.3) is 0 Å². The molecular weight excluding hydrogens is 289 g/mol. The van der Waals surface area contributed by atoms with Crippen LogP contribution >= 0.6 is 0 Å². The smallest absolute Gasteiger partial charge is 0.146 e. The minimum Gasteiger partial charge on any atom is -0.311 e. The summed E-state index contributed by atoms with van der Waals surface area (Å²) in [5.41, 5.74) is 0. The van der Waals surface area contributed by atoms with Crippen LogP contribution in [0.2, 0.25) is 0 Å². The molecule has 4 nitrogen and oxygen atoms in total. The fraction of sp³-hybridized carbons (Fsp3) is 0.467. The van der Waals surface area contributed by atoms with Crippen LogP contribution in [-0.4, -0.2) is 19.0 Å². The Labute approximate surface area is 124 Å². The molecule has 0 bridgehead atoms. The maximum atomic E-state index is 13.2. The quantitative estimate of drug-likeness (QED) is 0.853. The summed E-state index contributed by atoms with van der Waals surface area (Å²) in [6, 6.07) is 6.45. The number of rotatable bonds is 5. The van der Waals surface area contributed by atoms with E-state index < -0.39 is 10.8 Å². The second-order valence-corrected chi connectivity index (χ2v) is 7.25. The van der Waals surface area contributed by atoms with Crippen molar-refractivity contribution in [3.63, 3.8) is 0 Å². The van der Waals surface area contributed by atoms with E-state index in [0.29, 0.717) is 22.6 Å². The van der Waals surface area contributed by atoms with E-state index in [1.807, 2.05) is 0 Å². The highest BCUT2D eigenvalue weighted by Crippen LogP contribution is 2.44. The van der Waals surface area contributed by atoms with Crippen molar-refractivity contribution >= 4 is 10.8 Å². The lowest BCUT2D eigenvalue weighted by atomic mass is 10.3. The minimum absolute atomic E-state index is 0.305. The highest BCUT2D eigenvalue weighted by molar-refractivity contribution is 7.84. The van der Waals surface area contributed by atoms with E-state index in [1.165, 1.54) is 25.0 Å². The molecule has 0 spiro atoms. The zero-order chi connectivity index (χ0) is 14.4. The third-order valence-electron chi connectivity index (χ3n) is 3.97. The maximum absolute atomic E-state index is 13.2. The van der Waals surface area contributed by atoms with Crippen LogP contribution in [0.25, 0.3) is 0 Å². The molecule has 2 aromatic rings. The van der Waals surface area contributed by atoms with Gasteiger partial charge in [-0.15, -0.1) is 10.2 Å². The molecule has 110 valence electrons. The fourth-order valence-corrected chi connectivity index (χ4v) is 3.67. The molecule has 0 saturated heterocycles. The molecule has 2 fully saturated rings. The molecule has 0 amide bonds. The van der Waals surface area contributed by atoms with Crippen molar-refractivity contribution in [2.75, 3.05) is 0 Å². The summed E-state index contributed by atoms with van der Waals surface area (Å²) in [4.78, 5) is 0.508. The molecule has 1 aromatic carbocycles. The molecule has 2 aliphatic carbocycles. The molecule has 4 rings (SSSR count). The molecule has 0 radical (unpaired) electrons. The Morgan fingerprint density at radius 2 is 2.05 bits per heavy atom. The molecule has 2 aliphatic rings. The van der Waals surface area contributed by atoms with E-state index in [4.69, 9.17) is 0 Å². The second kappa shape index (κ2) is 5.02. The highest BCUT2D eigenvalue weighted by Gasteiger charge is 2.36. The normalized spacial score (nSPS) is 19.7. The van der Waals surface area contributed by atoms with Crippen molar-refractivity contribution < 1.29 is 8.60 Å². The third kappa shape index (κ3) is 2.64. The number of benzene rings is 1. The van der Waals surface area contributed by atoms with Crippen LogP contribution in [0.1, 0.15) is 49.3 Å².